The first-order chi connectivity index (χ1) is 9.47. The number of benzene rings is 1. The molecule has 0 radical (unpaired) electrons. The second-order valence-corrected chi connectivity index (χ2v) is 4.07. The van der Waals surface area contributed by atoms with E-state index in [9.17, 15) is 14.4 Å². The summed E-state index contributed by atoms with van der Waals surface area (Å²) in [6, 6.07) is 6.75. The third kappa shape index (κ3) is 6.34. The van der Waals surface area contributed by atoms with Gasteiger partial charge in [-0.05, 0) is 23.8 Å². The lowest BCUT2D eigenvalue weighted by Crippen LogP contribution is -2.25. The Bertz CT molecular complexity index is 520. The van der Waals surface area contributed by atoms with Gasteiger partial charge >= 0.3 is 5.97 Å². The molecule has 0 saturated heterocycles. The number of hydrogen-bond donors (Lipinski definition) is 3. The van der Waals surface area contributed by atoms with Crippen LogP contribution in [0, 0.1) is 0 Å². The fourth-order valence-electron chi connectivity index (χ4n) is 1.42. The van der Waals surface area contributed by atoms with Gasteiger partial charge in [-0.1, -0.05) is 12.1 Å². The van der Waals surface area contributed by atoms with E-state index in [1.807, 2.05) is 0 Å². The number of carbonyl (C=O) groups excluding carboxylic acids is 2. The summed E-state index contributed by atoms with van der Waals surface area (Å²) in [5, 5.41) is 13.7. The number of aliphatic carboxylic acids is 1. The van der Waals surface area contributed by atoms with E-state index in [0.717, 1.165) is 11.6 Å². The molecule has 0 aliphatic heterocycles. The van der Waals surface area contributed by atoms with Gasteiger partial charge in [0.15, 0.2) is 0 Å². The van der Waals surface area contributed by atoms with Crippen molar-refractivity contribution in [2.45, 2.75) is 13.3 Å². The largest absolute Gasteiger partial charge is 0.478 e. The number of rotatable bonds is 6. The maximum Gasteiger partial charge on any atom is 0.328 e. The van der Waals surface area contributed by atoms with E-state index < -0.39 is 5.97 Å². The predicted octanol–water partition coefficient (Wildman–Crippen LogP) is 1.25. The second kappa shape index (κ2) is 7.73. The van der Waals surface area contributed by atoms with Gasteiger partial charge in [-0.15, -0.1) is 0 Å². The molecular formula is C14H16N2O4. The van der Waals surface area contributed by atoms with Crippen LogP contribution in [0.25, 0.3) is 6.08 Å². The molecule has 0 spiro atoms. The Balaban J connectivity index is 2.46. The Morgan fingerprint density at radius 3 is 2.40 bits per heavy atom. The van der Waals surface area contributed by atoms with Crippen molar-refractivity contribution in [3.05, 3.63) is 35.9 Å². The van der Waals surface area contributed by atoms with Crippen LogP contribution in [-0.4, -0.2) is 29.4 Å². The van der Waals surface area contributed by atoms with Gasteiger partial charge in [0, 0.05) is 31.7 Å². The van der Waals surface area contributed by atoms with Crippen molar-refractivity contribution in [3.63, 3.8) is 0 Å². The summed E-state index contributed by atoms with van der Waals surface area (Å²) < 4.78 is 0. The van der Waals surface area contributed by atoms with E-state index in [1.54, 1.807) is 24.3 Å². The molecule has 0 saturated carbocycles. The van der Waals surface area contributed by atoms with E-state index in [1.165, 1.54) is 13.0 Å². The molecule has 2 amide bonds. The van der Waals surface area contributed by atoms with Crippen molar-refractivity contribution in [2.24, 2.45) is 0 Å². The van der Waals surface area contributed by atoms with Crippen molar-refractivity contribution in [1.82, 2.24) is 5.32 Å². The van der Waals surface area contributed by atoms with E-state index in [0.29, 0.717) is 12.2 Å². The first kappa shape index (κ1) is 15.4. The minimum absolute atomic E-state index is 0.174. The summed E-state index contributed by atoms with van der Waals surface area (Å²) in [7, 11) is 0. The predicted molar refractivity (Wildman–Crippen MR) is 75.0 cm³/mol. The van der Waals surface area contributed by atoms with E-state index in [4.69, 9.17) is 5.11 Å². The fourth-order valence-corrected chi connectivity index (χ4v) is 1.42. The van der Waals surface area contributed by atoms with Crippen LogP contribution in [0.15, 0.2) is 30.3 Å². The SMILES string of the molecule is CC(=O)NCCC(=O)Nc1ccc(/C=C/C(=O)O)cc1. The van der Waals surface area contributed by atoms with Crippen LogP contribution in [0.4, 0.5) is 5.69 Å². The van der Waals surface area contributed by atoms with Crippen LogP contribution >= 0.6 is 0 Å². The zero-order chi connectivity index (χ0) is 15.0. The number of anilines is 1. The maximum absolute atomic E-state index is 11.5. The van der Waals surface area contributed by atoms with E-state index >= 15 is 0 Å². The fraction of sp³-hybridized carbons (Fsp3) is 0.214. The van der Waals surface area contributed by atoms with Crippen LogP contribution in [-0.2, 0) is 14.4 Å². The Labute approximate surface area is 116 Å². The minimum atomic E-state index is -1.01. The molecule has 6 heteroatoms. The maximum atomic E-state index is 11.5. The van der Waals surface area contributed by atoms with Crippen LogP contribution in [0.1, 0.15) is 18.9 Å². The molecule has 0 aliphatic rings. The third-order valence-corrected chi connectivity index (χ3v) is 2.34. The first-order valence-corrected chi connectivity index (χ1v) is 6.03. The molecule has 0 aromatic heterocycles. The molecule has 0 aliphatic carbocycles. The highest BCUT2D eigenvalue weighted by atomic mass is 16.4. The lowest BCUT2D eigenvalue weighted by atomic mass is 10.2. The Kier molecular flexibility index (Phi) is 5.96. The normalized spacial score (nSPS) is 10.2. The average Bonchev–Trinajstić information content (AvgIpc) is 2.37. The van der Waals surface area contributed by atoms with Crippen LogP contribution in [0.2, 0.25) is 0 Å². The van der Waals surface area contributed by atoms with Gasteiger partial charge in [-0.25, -0.2) is 4.79 Å². The number of carboxylic acid groups (broad SMARTS) is 1. The van der Waals surface area contributed by atoms with Crippen LogP contribution < -0.4 is 10.6 Å². The van der Waals surface area contributed by atoms with Crippen molar-refractivity contribution >= 4 is 29.5 Å². The summed E-state index contributed by atoms with van der Waals surface area (Å²) in [4.78, 5) is 32.5. The lowest BCUT2D eigenvalue weighted by molar-refractivity contribution is -0.131. The number of hydrogen-bond acceptors (Lipinski definition) is 3. The topological polar surface area (TPSA) is 95.5 Å². The number of nitrogens with one attached hydrogen (secondary N) is 2. The second-order valence-electron chi connectivity index (χ2n) is 4.07. The molecular weight excluding hydrogens is 260 g/mol. The molecule has 1 aromatic rings. The van der Waals surface area contributed by atoms with Gasteiger partial charge in [0.25, 0.3) is 0 Å². The summed E-state index contributed by atoms with van der Waals surface area (Å²) in [5.74, 6) is -1.39. The monoisotopic (exact) mass is 276 g/mol. The molecule has 0 bridgehead atoms. The summed E-state index contributed by atoms with van der Waals surface area (Å²) in [6.07, 6.45) is 2.70. The van der Waals surface area contributed by atoms with Crippen LogP contribution in [0.3, 0.4) is 0 Å². The van der Waals surface area contributed by atoms with Gasteiger partial charge in [-0.2, -0.15) is 0 Å². The smallest absolute Gasteiger partial charge is 0.328 e. The standard InChI is InChI=1S/C14H16N2O4/c1-10(17)15-9-8-13(18)16-12-5-2-11(3-6-12)4-7-14(19)20/h2-7H,8-9H2,1H3,(H,15,17)(H,16,18)(H,19,20)/b7-4+. The Morgan fingerprint density at radius 1 is 1.20 bits per heavy atom. The summed E-state index contributed by atoms with van der Waals surface area (Å²) >= 11 is 0. The van der Waals surface area contributed by atoms with Crippen molar-refractivity contribution in [1.29, 1.82) is 0 Å². The molecule has 6 nitrogen and oxygen atoms in total. The van der Waals surface area contributed by atoms with E-state index in [-0.39, 0.29) is 18.2 Å². The Hall–Kier alpha value is -2.63. The molecule has 1 rings (SSSR count). The number of amides is 2. The molecule has 3 N–H and O–H groups in total. The van der Waals surface area contributed by atoms with Crippen molar-refractivity contribution < 1.29 is 19.5 Å². The molecule has 1 aromatic carbocycles. The molecule has 0 heterocycles. The quantitative estimate of drug-likeness (QED) is 0.681. The highest BCUT2D eigenvalue weighted by molar-refractivity contribution is 5.91. The average molecular weight is 276 g/mol. The van der Waals surface area contributed by atoms with Gasteiger partial charge in [0.2, 0.25) is 11.8 Å². The minimum Gasteiger partial charge on any atom is -0.478 e. The molecule has 0 fully saturated rings. The molecule has 0 atom stereocenters. The zero-order valence-electron chi connectivity index (χ0n) is 11.1. The number of carboxylic acids is 1. The van der Waals surface area contributed by atoms with Crippen LogP contribution in [0.5, 0.6) is 0 Å². The third-order valence-electron chi connectivity index (χ3n) is 2.34. The van der Waals surface area contributed by atoms with Crippen molar-refractivity contribution in [2.75, 3.05) is 11.9 Å². The lowest BCUT2D eigenvalue weighted by Gasteiger charge is -2.05. The molecule has 106 valence electrons. The zero-order valence-corrected chi connectivity index (χ0v) is 11.1. The van der Waals surface area contributed by atoms with Gasteiger partial charge in [-0.3, -0.25) is 9.59 Å². The summed E-state index contributed by atoms with van der Waals surface area (Å²) in [5.41, 5.74) is 1.34. The molecule has 20 heavy (non-hydrogen) atoms. The highest BCUT2D eigenvalue weighted by Gasteiger charge is 2.02. The molecule has 0 unspecified atom stereocenters. The Morgan fingerprint density at radius 2 is 1.85 bits per heavy atom. The van der Waals surface area contributed by atoms with E-state index in [2.05, 4.69) is 10.6 Å². The van der Waals surface area contributed by atoms with Crippen molar-refractivity contribution in [3.8, 4) is 0 Å². The van der Waals surface area contributed by atoms with Gasteiger partial charge < -0.3 is 15.7 Å². The van der Waals surface area contributed by atoms with Gasteiger partial charge in [0.05, 0.1) is 0 Å². The summed E-state index contributed by atoms with van der Waals surface area (Å²) in [6.45, 7) is 1.68. The first-order valence-electron chi connectivity index (χ1n) is 6.03. The van der Waals surface area contributed by atoms with Gasteiger partial charge in [0.1, 0.15) is 0 Å². The number of carbonyl (C=O) groups is 3. The highest BCUT2D eigenvalue weighted by Crippen LogP contribution is 2.11.